The zero-order valence-corrected chi connectivity index (χ0v) is 20.2. The van der Waals surface area contributed by atoms with Crippen molar-refractivity contribution in [3.05, 3.63) is 54.8 Å². The second kappa shape index (κ2) is 10.2. The summed E-state index contributed by atoms with van der Waals surface area (Å²) < 4.78 is 13.7. The van der Waals surface area contributed by atoms with Gasteiger partial charge in [-0.15, -0.1) is 10.2 Å². The molecule has 33 heavy (non-hydrogen) atoms. The van der Waals surface area contributed by atoms with Crippen LogP contribution in [0.5, 0.6) is 5.75 Å². The molecule has 0 saturated heterocycles. The lowest BCUT2D eigenvalue weighted by molar-refractivity contribution is 0.0567. The van der Waals surface area contributed by atoms with E-state index in [2.05, 4.69) is 22.9 Å². The number of ether oxygens (including phenoxy) is 2. The Balaban J connectivity index is 1.86. The molecular formula is C25H35N5O3. The summed E-state index contributed by atoms with van der Waals surface area (Å²) in [6.45, 7) is 13.4. The summed E-state index contributed by atoms with van der Waals surface area (Å²) in [5, 5.41) is 8.48. The Labute approximate surface area is 195 Å². The molecule has 0 bridgehead atoms. The number of carbonyl (C=O) groups excluding carboxylic acids is 1. The molecule has 2 heterocycles. The third kappa shape index (κ3) is 6.44. The Morgan fingerprint density at radius 1 is 1.24 bits per heavy atom. The van der Waals surface area contributed by atoms with Crippen LogP contribution in [0.3, 0.4) is 0 Å². The number of rotatable bonds is 4. The van der Waals surface area contributed by atoms with Gasteiger partial charge < -0.3 is 15.2 Å². The molecule has 2 aromatic rings. The molecule has 8 nitrogen and oxygen atoms in total. The SMILES string of the molecule is C=C1/C=C\C=C/C[C@H](Oc2ccc3nnc(N(C(=O)OC(C)(C)C)C(C)C)n3c2)CC[C@@H]1N. The lowest BCUT2D eigenvalue weighted by atomic mass is 9.99. The maximum absolute atomic E-state index is 12.9. The van der Waals surface area contributed by atoms with Crippen molar-refractivity contribution >= 4 is 17.7 Å². The van der Waals surface area contributed by atoms with E-state index in [0.29, 0.717) is 17.3 Å². The highest BCUT2D eigenvalue weighted by Gasteiger charge is 2.29. The number of nitrogens with zero attached hydrogens (tertiary/aromatic N) is 4. The van der Waals surface area contributed by atoms with E-state index in [-0.39, 0.29) is 18.2 Å². The van der Waals surface area contributed by atoms with E-state index in [1.807, 2.05) is 71.2 Å². The average molecular weight is 454 g/mol. The monoisotopic (exact) mass is 453 g/mol. The normalized spacial score (nSPS) is 21.6. The van der Waals surface area contributed by atoms with Crippen molar-refractivity contribution in [3.8, 4) is 5.75 Å². The van der Waals surface area contributed by atoms with Gasteiger partial charge in [-0.05, 0) is 65.2 Å². The van der Waals surface area contributed by atoms with Gasteiger partial charge in [0.2, 0.25) is 5.95 Å². The van der Waals surface area contributed by atoms with Crippen molar-refractivity contribution in [1.82, 2.24) is 14.6 Å². The van der Waals surface area contributed by atoms with E-state index in [1.54, 1.807) is 4.40 Å². The molecule has 178 valence electrons. The fourth-order valence-corrected chi connectivity index (χ4v) is 3.51. The maximum Gasteiger partial charge on any atom is 0.417 e. The fourth-order valence-electron chi connectivity index (χ4n) is 3.51. The van der Waals surface area contributed by atoms with Crippen molar-refractivity contribution in [2.24, 2.45) is 5.73 Å². The zero-order valence-electron chi connectivity index (χ0n) is 20.2. The number of fused-ring (bicyclic) bond motifs is 1. The Bertz CT molecular complexity index is 1050. The third-order valence-electron chi connectivity index (χ3n) is 5.21. The second-order valence-corrected chi connectivity index (χ2v) is 9.56. The van der Waals surface area contributed by atoms with Crippen molar-refractivity contribution in [2.45, 2.75) is 77.7 Å². The molecule has 1 aliphatic rings. The van der Waals surface area contributed by atoms with Crippen molar-refractivity contribution in [3.63, 3.8) is 0 Å². The van der Waals surface area contributed by atoms with E-state index in [1.165, 1.54) is 4.90 Å². The van der Waals surface area contributed by atoms with E-state index in [0.717, 1.165) is 24.8 Å². The molecule has 0 unspecified atom stereocenters. The Kier molecular flexibility index (Phi) is 7.58. The van der Waals surface area contributed by atoms with Gasteiger partial charge >= 0.3 is 6.09 Å². The van der Waals surface area contributed by atoms with Gasteiger partial charge in [0.05, 0.1) is 6.20 Å². The second-order valence-electron chi connectivity index (χ2n) is 9.56. The first kappa shape index (κ1) is 24.5. The topological polar surface area (TPSA) is 95.0 Å². The molecule has 1 aliphatic carbocycles. The van der Waals surface area contributed by atoms with Gasteiger partial charge in [-0.1, -0.05) is 30.9 Å². The predicted molar refractivity (Wildman–Crippen MR) is 130 cm³/mol. The summed E-state index contributed by atoms with van der Waals surface area (Å²) in [5.74, 6) is 1.05. The van der Waals surface area contributed by atoms with E-state index < -0.39 is 11.7 Å². The Hall–Kier alpha value is -3.13. The van der Waals surface area contributed by atoms with Crippen LogP contribution in [-0.4, -0.2) is 44.5 Å². The summed E-state index contributed by atoms with van der Waals surface area (Å²) in [4.78, 5) is 14.4. The first-order valence-corrected chi connectivity index (χ1v) is 11.4. The first-order valence-electron chi connectivity index (χ1n) is 11.4. The molecule has 8 heteroatoms. The molecule has 0 aliphatic heterocycles. The Morgan fingerprint density at radius 3 is 2.70 bits per heavy atom. The van der Waals surface area contributed by atoms with Crippen LogP contribution in [0.15, 0.2) is 54.8 Å². The highest BCUT2D eigenvalue weighted by Crippen LogP contribution is 2.24. The maximum atomic E-state index is 12.9. The number of anilines is 1. The molecule has 2 atom stereocenters. The number of amides is 1. The van der Waals surface area contributed by atoms with Crippen molar-refractivity contribution in [1.29, 1.82) is 0 Å². The number of nitrogens with two attached hydrogens (primary N) is 1. The van der Waals surface area contributed by atoms with E-state index in [4.69, 9.17) is 15.2 Å². The average Bonchev–Trinajstić information content (AvgIpc) is 3.12. The zero-order chi connectivity index (χ0) is 24.2. The number of pyridine rings is 1. The van der Waals surface area contributed by atoms with Gasteiger partial charge in [-0.2, -0.15) is 0 Å². The molecule has 0 radical (unpaired) electrons. The summed E-state index contributed by atoms with van der Waals surface area (Å²) in [6, 6.07) is 3.41. The van der Waals surface area contributed by atoms with Crippen LogP contribution in [-0.2, 0) is 4.74 Å². The number of allylic oxidation sites excluding steroid dienone is 2. The molecule has 0 aromatic carbocycles. The first-order chi connectivity index (χ1) is 15.5. The van der Waals surface area contributed by atoms with Crippen LogP contribution >= 0.6 is 0 Å². The standard InChI is InChI=1S/C25H35N5O3/c1-17(2)30(24(31)33-25(4,5)6)23-28-27-22-15-13-20(16-29(22)23)32-19-11-9-7-8-10-18(3)21(26)14-12-19/h7-10,13,15-17,19,21H,3,11-12,14,26H2,1-2,4-6H3/b9-7-,10-8-/t19-,21-/m0/s1. The van der Waals surface area contributed by atoms with Gasteiger partial charge in [-0.25, -0.2) is 9.69 Å². The van der Waals surface area contributed by atoms with Crippen LogP contribution in [0.2, 0.25) is 0 Å². The predicted octanol–water partition coefficient (Wildman–Crippen LogP) is 4.81. The van der Waals surface area contributed by atoms with Crippen molar-refractivity contribution < 1.29 is 14.3 Å². The summed E-state index contributed by atoms with van der Waals surface area (Å²) >= 11 is 0. The van der Waals surface area contributed by atoms with Gasteiger partial charge in [0.1, 0.15) is 17.5 Å². The minimum absolute atomic E-state index is 0.0453. The van der Waals surface area contributed by atoms with E-state index >= 15 is 0 Å². The number of hydrogen-bond acceptors (Lipinski definition) is 6. The minimum Gasteiger partial charge on any atom is -0.489 e. The molecule has 3 rings (SSSR count). The fraction of sp³-hybridized carbons (Fsp3) is 0.480. The quantitative estimate of drug-likeness (QED) is 0.714. The summed E-state index contributed by atoms with van der Waals surface area (Å²) in [7, 11) is 0. The number of carbonyl (C=O) groups is 1. The molecule has 1 amide bonds. The molecule has 0 spiro atoms. The molecular weight excluding hydrogens is 418 g/mol. The van der Waals surface area contributed by atoms with Crippen LogP contribution < -0.4 is 15.4 Å². The van der Waals surface area contributed by atoms with Crippen LogP contribution in [0, 0.1) is 0 Å². The highest BCUT2D eigenvalue weighted by molar-refractivity contribution is 5.86. The smallest absolute Gasteiger partial charge is 0.417 e. The lowest BCUT2D eigenvalue weighted by Gasteiger charge is -2.28. The van der Waals surface area contributed by atoms with Gasteiger partial charge in [0.15, 0.2) is 5.65 Å². The van der Waals surface area contributed by atoms with Crippen molar-refractivity contribution in [2.75, 3.05) is 4.90 Å². The largest absolute Gasteiger partial charge is 0.489 e. The lowest BCUT2D eigenvalue weighted by Crippen LogP contribution is -2.42. The number of hydrogen-bond donors (Lipinski definition) is 1. The van der Waals surface area contributed by atoms with E-state index in [9.17, 15) is 4.79 Å². The molecule has 0 saturated carbocycles. The minimum atomic E-state index is -0.621. The molecule has 2 aromatic heterocycles. The Morgan fingerprint density at radius 2 is 2.00 bits per heavy atom. The number of aromatic nitrogens is 3. The van der Waals surface area contributed by atoms with Crippen LogP contribution in [0.1, 0.15) is 53.9 Å². The third-order valence-corrected chi connectivity index (χ3v) is 5.21. The molecule has 0 fully saturated rings. The van der Waals surface area contributed by atoms with Crippen LogP contribution in [0.4, 0.5) is 10.7 Å². The highest BCUT2D eigenvalue weighted by atomic mass is 16.6. The van der Waals surface area contributed by atoms with Gasteiger partial charge in [-0.3, -0.25) is 4.40 Å². The van der Waals surface area contributed by atoms with Crippen LogP contribution in [0.25, 0.3) is 5.65 Å². The van der Waals surface area contributed by atoms with Gasteiger partial charge in [0.25, 0.3) is 0 Å². The van der Waals surface area contributed by atoms with Gasteiger partial charge in [0, 0.05) is 18.5 Å². The summed E-state index contributed by atoms with van der Waals surface area (Å²) in [6.07, 6.45) is 11.6. The summed E-state index contributed by atoms with van der Waals surface area (Å²) in [5.41, 5.74) is 7.14. The molecule has 2 N–H and O–H groups in total.